The Balaban J connectivity index is 2.31. The Bertz CT molecular complexity index is 427. The minimum atomic E-state index is -0.700. The van der Waals surface area contributed by atoms with E-state index in [-0.39, 0.29) is 5.75 Å². The third-order valence-corrected chi connectivity index (χ3v) is 3.01. The molecule has 0 radical (unpaired) electrons. The maximum atomic E-state index is 13.3. The van der Waals surface area contributed by atoms with Crippen LogP contribution in [0.4, 0.5) is 4.39 Å². The van der Waals surface area contributed by atoms with Crippen molar-refractivity contribution in [2.45, 2.75) is 6.04 Å². The molecule has 4 N–H and O–H groups in total. The molecule has 0 aromatic heterocycles. The maximum Gasteiger partial charge on any atom is 0.239 e. The zero-order valence-electron chi connectivity index (χ0n) is 9.90. The van der Waals surface area contributed by atoms with Crippen LogP contribution < -0.4 is 11.1 Å². The number of halogens is 1. The van der Waals surface area contributed by atoms with Crippen molar-refractivity contribution in [3.8, 4) is 5.75 Å². The van der Waals surface area contributed by atoms with Gasteiger partial charge >= 0.3 is 0 Å². The summed E-state index contributed by atoms with van der Waals surface area (Å²) in [6, 6.07) is 2.91. The Morgan fingerprint density at radius 2 is 2.06 bits per heavy atom. The number of rotatable bonds is 3. The van der Waals surface area contributed by atoms with Crippen LogP contribution in [0.3, 0.4) is 0 Å². The van der Waals surface area contributed by atoms with E-state index in [0.29, 0.717) is 18.7 Å². The normalized spacial score (nSPS) is 18.5. The van der Waals surface area contributed by atoms with Crippen molar-refractivity contribution in [2.24, 2.45) is 5.73 Å². The minimum Gasteiger partial charge on any atom is -0.508 e. The van der Waals surface area contributed by atoms with Crippen LogP contribution in [0, 0.1) is 5.82 Å². The number of nitrogens with zero attached hydrogens (tertiary/aromatic N) is 1. The fourth-order valence-corrected chi connectivity index (χ4v) is 2.25. The highest BCUT2D eigenvalue weighted by Crippen LogP contribution is 2.25. The third-order valence-electron chi connectivity index (χ3n) is 3.01. The van der Waals surface area contributed by atoms with Crippen molar-refractivity contribution in [1.29, 1.82) is 0 Å². The van der Waals surface area contributed by atoms with Crippen molar-refractivity contribution in [3.05, 3.63) is 29.6 Å². The number of primary amides is 1. The van der Waals surface area contributed by atoms with Gasteiger partial charge in [0.15, 0.2) is 0 Å². The number of benzene rings is 1. The van der Waals surface area contributed by atoms with E-state index in [9.17, 15) is 14.3 Å². The summed E-state index contributed by atoms with van der Waals surface area (Å²) in [7, 11) is 0. The van der Waals surface area contributed by atoms with Gasteiger partial charge in [-0.3, -0.25) is 9.69 Å². The number of piperazine rings is 1. The quantitative estimate of drug-likeness (QED) is 0.706. The molecule has 5 nitrogen and oxygen atoms in total. The number of hydrogen-bond donors (Lipinski definition) is 3. The zero-order valence-corrected chi connectivity index (χ0v) is 9.90. The third kappa shape index (κ3) is 2.77. The molecule has 1 aromatic rings. The Morgan fingerprint density at radius 1 is 1.39 bits per heavy atom. The van der Waals surface area contributed by atoms with Crippen molar-refractivity contribution in [3.63, 3.8) is 0 Å². The Hall–Kier alpha value is -1.66. The molecule has 1 atom stereocenters. The fourth-order valence-electron chi connectivity index (χ4n) is 2.25. The van der Waals surface area contributed by atoms with E-state index in [4.69, 9.17) is 5.73 Å². The van der Waals surface area contributed by atoms with Gasteiger partial charge in [-0.1, -0.05) is 0 Å². The Morgan fingerprint density at radius 3 is 2.61 bits per heavy atom. The molecule has 1 heterocycles. The van der Waals surface area contributed by atoms with Crippen LogP contribution in [-0.2, 0) is 4.79 Å². The van der Waals surface area contributed by atoms with Gasteiger partial charge in [0.2, 0.25) is 5.91 Å². The number of carbonyl (C=O) groups is 1. The lowest BCUT2D eigenvalue weighted by atomic mass is 10.0. The summed E-state index contributed by atoms with van der Waals surface area (Å²) in [6.45, 7) is 2.83. The molecule has 0 spiro atoms. The smallest absolute Gasteiger partial charge is 0.239 e. The number of amides is 1. The summed E-state index contributed by atoms with van der Waals surface area (Å²) < 4.78 is 13.3. The molecule has 98 valence electrons. The number of carbonyl (C=O) groups excluding carboxylic acids is 1. The van der Waals surface area contributed by atoms with Gasteiger partial charge in [0, 0.05) is 32.2 Å². The summed E-state index contributed by atoms with van der Waals surface area (Å²) >= 11 is 0. The van der Waals surface area contributed by atoms with Gasteiger partial charge in [-0.2, -0.15) is 0 Å². The monoisotopic (exact) mass is 253 g/mol. The number of hydrogen-bond acceptors (Lipinski definition) is 4. The number of nitrogens with two attached hydrogens (primary N) is 1. The van der Waals surface area contributed by atoms with Crippen LogP contribution >= 0.6 is 0 Å². The summed E-state index contributed by atoms with van der Waals surface area (Å²) in [5.74, 6) is -1.32. The van der Waals surface area contributed by atoms with Crippen LogP contribution in [-0.4, -0.2) is 42.1 Å². The molecular weight excluding hydrogens is 237 g/mol. The highest BCUT2D eigenvalue weighted by Gasteiger charge is 2.27. The van der Waals surface area contributed by atoms with Crippen molar-refractivity contribution < 1.29 is 14.3 Å². The fraction of sp³-hybridized carbons (Fsp3) is 0.417. The molecular formula is C12H16FN3O2. The SMILES string of the molecule is NC(=O)C(c1cc(O)cc(F)c1)N1CCNCC1. The number of phenolic OH excluding ortho intramolecular Hbond substituents is 1. The number of nitrogens with one attached hydrogen (secondary N) is 1. The van der Waals surface area contributed by atoms with Crippen molar-refractivity contribution in [1.82, 2.24) is 10.2 Å². The van der Waals surface area contributed by atoms with Crippen LogP contribution in [0.1, 0.15) is 11.6 Å². The average molecular weight is 253 g/mol. The predicted molar refractivity (Wildman–Crippen MR) is 64.4 cm³/mol. The molecule has 1 saturated heterocycles. The van der Waals surface area contributed by atoms with Gasteiger partial charge in [-0.15, -0.1) is 0 Å². The Labute approximate surface area is 104 Å². The van der Waals surface area contributed by atoms with Crippen LogP contribution in [0.5, 0.6) is 5.75 Å². The van der Waals surface area contributed by atoms with E-state index in [1.54, 1.807) is 0 Å². The van der Waals surface area contributed by atoms with E-state index in [0.717, 1.165) is 19.2 Å². The molecule has 18 heavy (non-hydrogen) atoms. The molecule has 0 bridgehead atoms. The standard InChI is InChI=1S/C12H16FN3O2/c13-9-5-8(6-10(17)7-9)11(12(14)18)16-3-1-15-2-4-16/h5-7,11,15,17H,1-4H2,(H2,14,18). The highest BCUT2D eigenvalue weighted by molar-refractivity contribution is 5.81. The summed E-state index contributed by atoms with van der Waals surface area (Å²) in [4.78, 5) is 13.5. The lowest BCUT2D eigenvalue weighted by molar-refractivity contribution is -0.123. The van der Waals surface area contributed by atoms with Gasteiger partial charge in [0.25, 0.3) is 0 Å². The first-order valence-corrected chi connectivity index (χ1v) is 5.81. The molecule has 1 aromatic carbocycles. The van der Waals surface area contributed by atoms with E-state index in [1.807, 2.05) is 4.90 Å². The second-order valence-corrected chi connectivity index (χ2v) is 4.33. The van der Waals surface area contributed by atoms with E-state index >= 15 is 0 Å². The molecule has 1 fully saturated rings. The summed E-state index contributed by atoms with van der Waals surface area (Å²) in [5.41, 5.74) is 5.79. The van der Waals surface area contributed by atoms with Crippen LogP contribution in [0.15, 0.2) is 18.2 Å². The van der Waals surface area contributed by atoms with Gasteiger partial charge < -0.3 is 16.2 Å². The molecule has 6 heteroatoms. The first-order chi connectivity index (χ1) is 8.58. The van der Waals surface area contributed by atoms with Crippen LogP contribution in [0.25, 0.3) is 0 Å². The van der Waals surface area contributed by atoms with Gasteiger partial charge in [0.1, 0.15) is 17.6 Å². The molecule has 1 aliphatic rings. The number of aromatic hydroxyl groups is 1. The zero-order chi connectivity index (χ0) is 13.1. The number of phenols is 1. The average Bonchev–Trinajstić information content (AvgIpc) is 2.28. The predicted octanol–water partition coefficient (Wildman–Crippen LogP) is -0.0371. The van der Waals surface area contributed by atoms with Crippen LogP contribution in [0.2, 0.25) is 0 Å². The topological polar surface area (TPSA) is 78.6 Å². The second-order valence-electron chi connectivity index (χ2n) is 4.33. The molecule has 1 aliphatic heterocycles. The van der Waals surface area contributed by atoms with Crippen molar-refractivity contribution in [2.75, 3.05) is 26.2 Å². The second kappa shape index (κ2) is 5.32. The molecule has 2 rings (SSSR count). The first kappa shape index (κ1) is 12.8. The summed E-state index contributed by atoms with van der Waals surface area (Å²) in [5, 5.41) is 12.6. The highest BCUT2D eigenvalue weighted by atomic mass is 19.1. The van der Waals surface area contributed by atoms with Crippen molar-refractivity contribution >= 4 is 5.91 Å². The molecule has 0 aliphatic carbocycles. The minimum absolute atomic E-state index is 0.202. The first-order valence-electron chi connectivity index (χ1n) is 5.81. The van der Waals surface area contributed by atoms with E-state index in [1.165, 1.54) is 12.1 Å². The van der Waals surface area contributed by atoms with Gasteiger partial charge in [0.05, 0.1) is 0 Å². The van der Waals surface area contributed by atoms with E-state index < -0.39 is 17.8 Å². The lowest BCUT2D eigenvalue weighted by Gasteiger charge is -2.33. The molecule has 0 saturated carbocycles. The molecule has 1 amide bonds. The van der Waals surface area contributed by atoms with Gasteiger partial charge in [-0.25, -0.2) is 4.39 Å². The summed E-state index contributed by atoms with van der Waals surface area (Å²) in [6.07, 6.45) is 0. The lowest BCUT2D eigenvalue weighted by Crippen LogP contribution is -2.48. The van der Waals surface area contributed by atoms with E-state index in [2.05, 4.69) is 5.32 Å². The van der Waals surface area contributed by atoms with Gasteiger partial charge in [-0.05, 0) is 17.7 Å². The largest absolute Gasteiger partial charge is 0.508 e. The Kier molecular flexibility index (Phi) is 3.78. The molecule has 1 unspecified atom stereocenters. The maximum absolute atomic E-state index is 13.3.